The first-order valence-corrected chi connectivity index (χ1v) is 6.92. The standard InChI is InChI=1S/C15H30/c1-6-14(4)9-7-11-15(5,13(2)3)12-8-10-14/h13H,6-12H2,1-5H3. The molecular weight excluding hydrogens is 180 g/mol. The zero-order valence-corrected chi connectivity index (χ0v) is 11.5. The average Bonchev–Trinajstić information content (AvgIpc) is 2.15. The smallest absolute Gasteiger partial charge is 0.0303 e. The van der Waals surface area contributed by atoms with Gasteiger partial charge < -0.3 is 0 Å². The van der Waals surface area contributed by atoms with Gasteiger partial charge >= 0.3 is 0 Å². The maximum absolute atomic E-state index is 2.51. The van der Waals surface area contributed by atoms with Crippen LogP contribution in [0.5, 0.6) is 0 Å². The highest BCUT2D eigenvalue weighted by molar-refractivity contribution is 4.84. The van der Waals surface area contributed by atoms with Gasteiger partial charge in [-0.1, -0.05) is 53.9 Å². The lowest BCUT2D eigenvalue weighted by Crippen LogP contribution is -2.28. The monoisotopic (exact) mass is 210 g/mol. The molecule has 0 heterocycles. The second-order valence-electron chi connectivity index (χ2n) is 6.68. The molecule has 0 amide bonds. The van der Waals surface area contributed by atoms with Crippen molar-refractivity contribution in [3.63, 3.8) is 0 Å². The van der Waals surface area contributed by atoms with E-state index in [9.17, 15) is 0 Å². The molecule has 1 aliphatic rings. The lowest BCUT2D eigenvalue weighted by molar-refractivity contribution is 0.117. The average molecular weight is 210 g/mol. The number of hydrogen-bond donors (Lipinski definition) is 0. The van der Waals surface area contributed by atoms with Gasteiger partial charge in [-0.05, 0) is 42.4 Å². The lowest BCUT2D eigenvalue weighted by atomic mass is 9.66. The highest BCUT2D eigenvalue weighted by atomic mass is 14.4. The zero-order chi connectivity index (χ0) is 11.5. The van der Waals surface area contributed by atoms with Gasteiger partial charge in [-0.3, -0.25) is 0 Å². The Morgan fingerprint density at radius 1 is 0.933 bits per heavy atom. The van der Waals surface area contributed by atoms with Crippen molar-refractivity contribution in [1.29, 1.82) is 0 Å². The van der Waals surface area contributed by atoms with Crippen molar-refractivity contribution >= 4 is 0 Å². The summed E-state index contributed by atoms with van der Waals surface area (Å²) in [5, 5.41) is 0. The Hall–Kier alpha value is 0. The normalized spacial score (nSPS) is 38.8. The summed E-state index contributed by atoms with van der Waals surface area (Å²) in [5.74, 6) is 0.850. The molecule has 0 aromatic rings. The highest BCUT2D eigenvalue weighted by Gasteiger charge is 2.32. The summed E-state index contributed by atoms with van der Waals surface area (Å²) >= 11 is 0. The minimum absolute atomic E-state index is 0.620. The molecular formula is C15H30. The highest BCUT2D eigenvalue weighted by Crippen LogP contribution is 2.45. The van der Waals surface area contributed by atoms with E-state index in [-0.39, 0.29) is 0 Å². The predicted molar refractivity (Wildman–Crippen MR) is 69.0 cm³/mol. The zero-order valence-electron chi connectivity index (χ0n) is 11.5. The Morgan fingerprint density at radius 3 is 1.73 bits per heavy atom. The van der Waals surface area contributed by atoms with E-state index >= 15 is 0 Å². The predicted octanol–water partition coefficient (Wildman–Crippen LogP) is 5.42. The van der Waals surface area contributed by atoms with E-state index in [0.29, 0.717) is 10.8 Å². The molecule has 0 nitrogen and oxygen atoms in total. The maximum atomic E-state index is 2.51. The molecule has 0 atom stereocenters. The number of hydrogen-bond acceptors (Lipinski definition) is 0. The van der Waals surface area contributed by atoms with Gasteiger partial charge in [0.15, 0.2) is 0 Å². The fraction of sp³-hybridized carbons (Fsp3) is 1.00. The van der Waals surface area contributed by atoms with Gasteiger partial charge in [-0.25, -0.2) is 0 Å². The first-order valence-electron chi connectivity index (χ1n) is 6.92. The molecule has 0 saturated heterocycles. The third kappa shape index (κ3) is 3.23. The van der Waals surface area contributed by atoms with Crippen LogP contribution in [0.1, 0.15) is 79.6 Å². The Balaban J connectivity index is 2.57. The van der Waals surface area contributed by atoms with Crippen LogP contribution in [0.4, 0.5) is 0 Å². The van der Waals surface area contributed by atoms with Crippen molar-refractivity contribution in [2.45, 2.75) is 79.6 Å². The van der Waals surface area contributed by atoms with Crippen molar-refractivity contribution in [1.82, 2.24) is 0 Å². The molecule has 1 aliphatic carbocycles. The quantitative estimate of drug-likeness (QED) is 0.571. The summed E-state index contributed by atoms with van der Waals surface area (Å²) in [6.45, 7) is 12.2. The van der Waals surface area contributed by atoms with Gasteiger partial charge in [-0.15, -0.1) is 0 Å². The molecule has 0 aromatic heterocycles. The summed E-state index contributed by atoms with van der Waals surface area (Å²) in [4.78, 5) is 0. The van der Waals surface area contributed by atoms with Crippen LogP contribution in [0.3, 0.4) is 0 Å². The molecule has 0 unspecified atom stereocenters. The van der Waals surface area contributed by atoms with Crippen molar-refractivity contribution in [2.24, 2.45) is 16.7 Å². The molecule has 0 N–H and O–H groups in total. The van der Waals surface area contributed by atoms with Gasteiger partial charge in [-0.2, -0.15) is 0 Å². The van der Waals surface area contributed by atoms with Gasteiger partial charge in [0.25, 0.3) is 0 Å². The summed E-state index contributed by atoms with van der Waals surface area (Å²) < 4.78 is 0. The van der Waals surface area contributed by atoms with Crippen molar-refractivity contribution in [3.05, 3.63) is 0 Å². The first kappa shape index (κ1) is 13.1. The van der Waals surface area contributed by atoms with Gasteiger partial charge in [0, 0.05) is 0 Å². The Bertz CT molecular complexity index is 180. The summed E-state index contributed by atoms with van der Waals surface area (Å²) in [5.41, 5.74) is 1.27. The Morgan fingerprint density at radius 2 is 1.40 bits per heavy atom. The van der Waals surface area contributed by atoms with Crippen LogP contribution in [0.2, 0.25) is 0 Å². The molecule has 1 fully saturated rings. The fourth-order valence-electron chi connectivity index (χ4n) is 3.02. The van der Waals surface area contributed by atoms with E-state index in [2.05, 4.69) is 34.6 Å². The van der Waals surface area contributed by atoms with Crippen molar-refractivity contribution < 1.29 is 0 Å². The van der Waals surface area contributed by atoms with Crippen LogP contribution >= 0.6 is 0 Å². The molecule has 0 aromatic carbocycles. The van der Waals surface area contributed by atoms with Crippen LogP contribution in [-0.2, 0) is 0 Å². The second kappa shape index (κ2) is 4.89. The van der Waals surface area contributed by atoms with E-state index in [1.54, 1.807) is 0 Å². The molecule has 0 bridgehead atoms. The second-order valence-corrected chi connectivity index (χ2v) is 6.68. The van der Waals surface area contributed by atoms with Crippen molar-refractivity contribution in [3.8, 4) is 0 Å². The van der Waals surface area contributed by atoms with E-state index in [0.717, 1.165) is 5.92 Å². The fourth-order valence-corrected chi connectivity index (χ4v) is 3.02. The molecule has 0 spiro atoms. The van der Waals surface area contributed by atoms with E-state index in [1.807, 2.05) is 0 Å². The summed E-state index contributed by atoms with van der Waals surface area (Å²) in [7, 11) is 0. The molecule has 15 heavy (non-hydrogen) atoms. The van der Waals surface area contributed by atoms with E-state index in [1.165, 1.54) is 44.9 Å². The molecule has 1 saturated carbocycles. The van der Waals surface area contributed by atoms with Crippen LogP contribution in [-0.4, -0.2) is 0 Å². The minimum Gasteiger partial charge on any atom is -0.0649 e. The molecule has 0 radical (unpaired) electrons. The third-order valence-corrected chi connectivity index (χ3v) is 5.30. The Labute approximate surface area is 96.8 Å². The van der Waals surface area contributed by atoms with Crippen LogP contribution in [0.15, 0.2) is 0 Å². The van der Waals surface area contributed by atoms with Crippen LogP contribution < -0.4 is 0 Å². The lowest BCUT2D eigenvalue weighted by Gasteiger charge is -2.40. The summed E-state index contributed by atoms with van der Waals surface area (Å²) in [6.07, 6.45) is 10.0. The molecule has 0 aliphatic heterocycles. The SMILES string of the molecule is CCC1(C)CCCC(C)(C(C)C)CCC1. The van der Waals surface area contributed by atoms with E-state index < -0.39 is 0 Å². The largest absolute Gasteiger partial charge is 0.0649 e. The van der Waals surface area contributed by atoms with Gasteiger partial charge in [0.2, 0.25) is 0 Å². The molecule has 0 heteroatoms. The van der Waals surface area contributed by atoms with Crippen molar-refractivity contribution in [2.75, 3.05) is 0 Å². The third-order valence-electron chi connectivity index (χ3n) is 5.30. The summed E-state index contributed by atoms with van der Waals surface area (Å²) in [6, 6.07) is 0. The van der Waals surface area contributed by atoms with Crippen LogP contribution in [0, 0.1) is 16.7 Å². The van der Waals surface area contributed by atoms with Gasteiger partial charge in [0.05, 0.1) is 0 Å². The molecule has 90 valence electrons. The minimum atomic E-state index is 0.620. The Kier molecular flexibility index (Phi) is 4.26. The first-order chi connectivity index (χ1) is 6.92. The molecule has 1 rings (SSSR count). The number of rotatable bonds is 2. The topological polar surface area (TPSA) is 0 Å². The maximum Gasteiger partial charge on any atom is -0.0303 e. The van der Waals surface area contributed by atoms with Crippen LogP contribution in [0.25, 0.3) is 0 Å². The van der Waals surface area contributed by atoms with Gasteiger partial charge in [0.1, 0.15) is 0 Å². The van der Waals surface area contributed by atoms with E-state index in [4.69, 9.17) is 0 Å².